The Labute approximate surface area is 187 Å². The van der Waals surface area contributed by atoms with Gasteiger partial charge in [0.05, 0.1) is 11.6 Å². The number of carbonyl (C=O) groups is 1. The van der Waals surface area contributed by atoms with E-state index in [2.05, 4.69) is 45.5 Å². The number of rotatable bonds is 7. The standard InChI is InChI=1S/C25H30BrNO3/c26-21-7-4-6-20(18-21)25(13-15-29-16-14-25)27-24(28)12-11-19-5-3-10-23(17-19)30-22-8-1-2-9-22/h3-7,10,17-18,22H,1-2,8-9,11-16H2,(H,27,28). The largest absolute Gasteiger partial charge is 0.490 e. The van der Waals surface area contributed by atoms with Gasteiger partial charge in [0.1, 0.15) is 5.75 Å². The van der Waals surface area contributed by atoms with Gasteiger partial charge in [-0.25, -0.2) is 0 Å². The normalized spacial score (nSPS) is 18.8. The van der Waals surface area contributed by atoms with Crippen molar-refractivity contribution in [3.05, 3.63) is 64.1 Å². The van der Waals surface area contributed by atoms with Gasteiger partial charge in [-0.15, -0.1) is 0 Å². The molecule has 2 aromatic carbocycles. The summed E-state index contributed by atoms with van der Waals surface area (Å²) in [7, 11) is 0. The number of amides is 1. The molecule has 1 aliphatic carbocycles. The van der Waals surface area contributed by atoms with Crippen molar-refractivity contribution in [3.8, 4) is 5.75 Å². The van der Waals surface area contributed by atoms with Crippen molar-refractivity contribution in [1.82, 2.24) is 5.32 Å². The molecule has 0 bridgehead atoms. The van der Waals surface area contributed by atoms with Gasteiger partial charge in [0.2, 0.25) is 5.91 Å². The quantitative estimate of drug-likeness (QED) is 0.577. The van der Waals surface area contributed by atoms with E-state index in [1.807, 2.05) is 24.3 Å². The van der Waals surface area contributed by atoms with E-state index in [1.165, 1.54) is 12.8 Å². The molecule has 1 saturated heterocycles. The van der Waals surface area contributed by atoms with Crippen molar-refractivity contribution >= 4 is 21.8 Å². The average molecular weight is 472 g/mol. The van der Waals surface area contributed by atoms with Crippen molar-refractivity contribution in [3.63, 3.8) is 0 Å². The van der Waals surface area contributed by atoms with Crippen LogP contribution in [0.2, 0.25) is 0 Å². The molecule has 2 aromatic rings. The Morgan fingerprint density at radius 1 is 1.10 bits per heavy atom. The number of nitrogens with one attached hydrogen (secondary N) is 1. The molecule has 2 aliphatic rings. The fraction of sp³-hybridized carbons (Fsp3) is 0.480. The number of carbonyl (C=O) groups excluding carboxylic acids is 1. The van der Waals surface area contributed by atoms with Crippen molar-refractivity contribution in [2.45, 2.75) is 63.0 Å². The summed E-state index contributed by atoms with van der Waals surface area (Å²) in [5.41, 5.74) is 1.93. The zero-order valence-corrected chi connectivity index (χ0v) is 19.0. The molecule has 1 heterocycles. The lowest BCUT2D eigenvalue weighted by Gasteiger charge is -2.38. The highest BCUT2D eigenvalue weighted by Gasteiger charge is 2.35. The second-order valence-corrected chi connectivity index (χ2v) is 9.34. The lowest BCUT2D eigenvalue weighted by atomic mass is 9.82. The Hall–Kier alpha value is -1.85. The van der Waals surface area contributed by atoms with E-state index >= 15 is 0 Å². The summed E-state index contributed by atoms with van der Waals surface area (Å²) < 4.78 is 12.7. The zero-order chi connectivity index (χ0) is 20.8. The molecule has 160 valence electrons. The molecular weight excluding hydrogens is 442 g/mol. The maximum atomic E-state index is 12.9. The molecule has 1 saturated carbocycles. The second-order valence-electron chi connectivity index (χ2n) is 8.42. The van der Waals surface area contributed by atoms with Gasteiger partial charge in [-0.2, -0.15) is 0 Å². The molecule has 0 unspecified atom stereocenters. The minimum atomic E-state index is -0.355. The molecule has 30 heavy (non-hydrogen) atoms. The monoisotopic (exact) mass is 471 g/mol. The van der Waals surface area contributed by atoms with Gasteiger partial charge in [0.25, 0.3) is 0 Å². The second kappa shape index (κ2) is 9.97. The fourth-order valence-electron chi connectivity index (χ4n) is 4.55. The number of ether oxygens (including phenoxy) is 2. The smallest absolute Gasteiger partial charge is 0.221 e. The lowest BCUT2D eigenvalue weighted by molar-refractivity contribution is -0.124. The Morgan fingerprint density at radius 2 is 1.87 bits per heavy atom. The first-order valence-electron chi connectivity index (χ1n) is 11.0. The third-order valence-electron chi connectivity index (χ3n) is 6.25. The SMILES string of the molecule is O=C(CCc1cccc(OC2CCCC2)c1)NC1(c2cccc(Br)c2)CCOCC1. The van der Waals surface area contributed by atoms with E-state index in [1.54, 1.807) is 0 Å². The molecule has 1 aliphatic heterocycles. The first kappa shape index (κ1) is 21.4. The number of hydrogen-bond donors (Lipinski definition) is 1. The molecule has 5 heteroatoms. The summed E-state index contributed by atoms with van der Waals surface area (Å²) >= 11 is 3.56. The highest BCUT2D eigenvalue weighted by atomic mass is 79.9. The number of hydrogen-bond acceptors (Lipinski definition) is 3. The topological polar surface area (TPSA) is 47.6 Å². The number of aryl methyl sites for hydroxylation is 1. The molecule has 4 nitrogen and oxygen atoms in total. The van der Waals surface area contributed by atoms with Crippen LogP contribution in [0.25, 0.3) is 0 Å². The number of benzene rings is 2. The van der Waals surface area contributed by atoms with Gasteiger partial charge >= 0.3 is 0 Å². The van der Waals surface area contributed by atoms with Crippen LogP contribution in [0.5, 0.6) is 5.75 Å². The third kappa shape index (κ3) is 5.44. The Morgan fingerprint density at radius 3 is 2.63 bits per heavy atom. The van der Waals surface area contributed by atoms with Gasteiger partial charge in [-0.3, -0.25) is 4.79 Å². The Bertz CT molecular complexity index is 857. The van der Waals surface area contributed by atoms with Gasteiger partial charge in [-0.1, -0.05) is 40.2 Å². The van der Waals surface area contributed by atoms with Gasteiger partial charge in [0.15, 0.2) is 0 Å². The summed E-state index contributed by atoms with van der Waals surface area (Å²) in [4.78, 5) is 12.9. The van der Waals surface area contributed by atoms with Crippen LogP contribution >= 0.6 is 15.9 Å². The third-order valence-corrected chi connectivity index (χ3v) is 6.74. The van der Waals surface area contributed by atoms with Crippen LogP contribution in [0.3, 0.4) is 0 Å². The molecule has 0 radical (unpaired) electrons. The molecule has 0 atom stereocenters. The van der Waals surface area contributed by atoms with Crippen LogP contribution in [-0.4, -0.2) is 25.2 Å². The zero-order valence-electron chi connectivity index (χ0n) is 17.4. The molecule has 1 N–H and O–H groups in total. The summed E-state index contributed by atoms with van der Waals surface area (Å²) in [5, 5.41) is 3.35. The maximum absolute atomic E-state index is 12.9. The van der Waals surface area contributed by atoms with Crippen LogP contribution in [-0.2, 0) is 21.5 Å². The van der Waals surface area contributed by atoms with Gasteiger partial charge in [-0.05, 0) is 80.3 Å². The van der Waals surface area contributed by atoms with Crippen LogP contribution in [0.1, 0.15) is 56.1 Å². The van der Waals surface area contributed by atoms with E-state index in [0.717, 1.165) is 47.0 Å². The maximum Gasteiger partial charge on any atom is 0.221 e. The van der Waals surface area contributed by atoms with Crippen molar-refractivity contribution in [1.29, 1.82) is 0 Å². The molecule has 2 fully saturated rings. The number of halogens is 1. The minimum Gasteiger partial charge on any atom is -0.490 e. The summed E-state index contributed by atoms with van der Waals surface area (Å²) in [6.07, 6.45) is 7.91. The Balaban J connectivity index is 1.38. The predicted octanol–water partition coefficient (Wildman–Crippen LogP) is 5.53. The fourth-order valence-corrected chi connectivity index (χ4v) is 4.95. The summed E-state index contributed by atoms with van der Waals surface area (Å²) in [6, 6.07) is 16.5. The van der Waals surface area contributed by atoms with E-state index in [0.29, 0.717) is 32.2 Å². The van der Waals surface area contributed by atoms with Gasteiger partial charge in [0, 0.05) is 24.1 Å². The molecular formula is C25H30BrNO3. The van der Waals surface area contributed by atoms with Crippen molar-refractivity contribution in [2.24, 2.45) is 0 Å². The van der Waals surface area contributed by atoms with Crippen molar-refractivity contribution in [2.75, 3.05) is 13.2 Å². The van der Waals surface area contributed by atoms with E-state index in [9.17, 15) is 4.79 Å². The molecule has 0 aromatic heterocycles. The average Bonchev–Trinajstić information content (AvgIpc) is 3.26. The first-order valence-corrected chi connectivity index (χ1v) is 11.8. The lowest BCUT2D eigenvalue weighted by Crippen LogP contribution is -2.49. The van der Waals surface area contributed by atoms with Crippen molar-refractivity contribution < 1.29 is 14.3 Å². The Kier molecular flexibility index (Phi) is 7.11. The van der Waals surface area contributed by atoms with E-state index in [-0.39, 0.29) is 11.4 Å². The minimum absolute atomic E-state index is 0.0824. The van der Waals surface area contributed by atoms with E-state index < -0.39 is 0 Å². The molecule has 1 amide bonds. The van der Waals surface area contributed by atoms with E-state index in [4.69, 9.17) is 9.47 Å². The highest BCUT2D eigenvalue weighted by Crippen LogP contribution is 2.34. The van der Waals surface area contributed by atoms with Crippen LogP contribution < -0.4 is 10.1 Å². The van der Waals surface area contributed by atoms with Crippen LogP contribution in [0.15, 0.2) is 53.0 Å². The van der Waals surface area contributed by atoms with Crippen LogP contribution in [0.4, 0.5) is 0 Å². The summed E-state index contributed by atoms with van der Waals surface area (Å²) in [6.45, 7) is 1.32. The van der Waals surface area contributed by atoms with Gasteiger partial charge < -0.3 is 14.8 Å². The summed E-state index contributed by atoms with van der Waals surface area (Å²) in [5.74, 6) is 1.01. The highest BCUT2D eigenvalue weighted by molar-refractivity contribution is 9.10. The van der Waals surface area contributed by atoms with Crippen LogP contribution in [0, 0.1) is 0 Å². The molecule has 4 rings (SSSR count). The first-order chi connectivity index (χ1) is 14.6. The molecule has 0 spiro atoms. The predicted molar refractivity (Wildman–Crippen MR) is 122 cm³/mol.